The molecule has 0 bridgehead atoms. The Morgan fingerprint density at radius 2 is 1.28 bits per heavy atom. The molecule has 0 saturated carbocycles. The number of hydrogen-bond acceptors (Lipinski definition) is 10. The number of aromatic nitrogens is 2. The molecular formula is C49H53N9O6. The van der Waals surface area contributed by atoms with Crippen molar-refractivity contribution < 1.29 is 28.7 Å². The van der Waals surface area contributed by atoms with E-state index in [0.717, 1.165) is 64.9 Å². The van der Waals surface area contributed by atoms with Gasteiger partial charge in [0.1, 0.15) is 23.7 Å². The van der Waals surface area contributed by atoms with Gasteiger partial charge >= 0.3 is 12.2 Å². The fourth-order valence-electron chi connectivity index (χ4n) is 8.87. The van der Waals surface area contributed by atoms with Crippen LogP contribution in [0.2, 0.25) is 0 Å². The van der Waals surface area contributed by atoms with Crippen molar-refractivity contribution in [2.24, 2.45) is 9.98 Å². The highest BCUT2D eigenvalue weighted by molar-refractivity contribution is 6.14. The predicted octanol–water partition coefficient (Wildman–Crippen LogP) is 6.86. The first-order chi connectivity index (χ1) is 31.1. The Morgan fingerprint density at radius 3 is 1.86 bits per heavy atom. The molecule has 0 unspecified atom stereocenters. The minimum absolute atomic E-state index is 0.218. The summed E-state index contributed by atoms with van der Waals surface area (Å²) in [5.41, 5.74) is 8.25. The summed E-state index contributed by atoms with van der Waals surface area (Å²) in [4.78, 5) is 76.4. The largest absolute Gasteiger partial charge is 0.453 e. The number of amidine groups is 1. The highest BCUT2D eigenvalue weighted by Crippen LogP contribution is 2.35. The van der Waals surface area contributed by atoms with Gasteiger partial charge in [0.25, 0.3) is 11.8 Å². The van der Waals surface area contributed by atoms with Crippen LogP contribution in [0.3, 0.4) is 0 Å². The van der Waals surface area contributed by atoms with Crippen molar-refractivity contribution in [1.82, 2.24) is 35.3 Å². The van der Waals surface area contributed by atoms with Crippen molar-refractivity contribution in [3.63, 3.8) is 0 Å². The van der Waals surface area contributed by atoms with E-state index in [-0.39, 0.29) is 23.9 Å². The number of ether oxygens (including phenoxy) is 2. The van der Waals surface area contributed by atoms with Crippen LogP contribution < -0.4 is 10.6 Å². The summed E-state index contributed by atoms with van der Waals surface area (Å²) < 4.78 is 9.70. The van der Waals surface area contributed by atoms with Gasteiger partial charge in [0, 0.05) is 19.6 Å². The molecule has 0 aliphatic carbocycles. The summed E-state index contributed by atoms with van der Waals surface area (Å²) in [7, 11) is 6.65. The van der Waals surface area contributed by atoms with Crippen molar-refractivity contribution in [2.45, 2.75) is 56.4 Å². The number of imidazole rings is 1. The van der Waals surface area contributed by atoms with E-state index < -0.39 is 24.3 Å². The second kappa shape index (κ2) is 19.5. The van der Waals surface area contributed by atoms with Crippen LogP contribution in [0.15, 0.2) is 119 Å². The van der Waals surface area contributed by atoms with E-state index in [1.807, 2.05) is 74.8 Å². The molecule has 15 nitrogen and oxygen atoms in total. The number of rotatable bonds is 13. The Balaban J connectivity index is 0.977. The van der Waals surface area contributed by atoms with Gasteiger partial charge < -0.3 is 39.8 Å². The predicted molar refractivity (Wildman–Crippen MR) is 244 cm³/mol. The number of carbonyl (C=O) groups excluding carboxylic acids is 4. The first-order valence-electron chi connectivity index (χ1n) is 21.6. The van der Waals surface area contributed by atoms with Crippen molar-refractivity contribution in [1.29, 1.82) is 0 Å². The number of likely N-dealkylation sites (tertiary alicyclic amines) is 2. The zero-order valence-electron chi connectivity index (χ0n) is 36.5. The monoisotopic (exact) mass is 863 g/mol. The van der Waals surface area contributed by atoms with Crippen molar-refractivity contribution in [3.05, 3.63) is 137 Å². The number of nitrogens with zero attached hydrogens (tertiary/aromatic N) is 6. The normalized spacial score (nSPS) is 18.0. The molecular weight excluding hydrogens is 811 g/mol. The Hall–Kier alpha value is -7.13. The maximum Gasteiger partial charge on any atom is 0.407 e. The summed E-state index contributed by atoms with van der Waals surface area (Å²) in [5, 5.41) is 5.45. The minimum Gasteiger partial charge on any atom is -0.453 e. The standard InChI is InChI=1S/C49H53N9O6/c1-56(2)30-36-27-35(39-29-51-45(53-39)41-18-12-26-58(41)47(60)43(55-49(62)64-4)34-15-9-6-10-16-34)23-24-37(36)31-19-21-32(22-20-31)38-28-50-44(52-38)40-17-11-25-57(40)46(59)42(54-48(61)63-3)33-13-7-5-8-14-33/h5-10,13-16,19-24,27-28,40-43H,11-12,17-18,25-26,29-30H2,1-4H3,(H,50,52)(H,54,61)(H,55,62)/t40-,41-,42-,43-/m1/s1. The number of amides is 4. The molecule has 330 valence electrons. The SMILES string of the molecule is COC(=O)N[C@@H](C(=O)N1CCC[C@@H]1C1=NCC(c2ccc(-c3ccc(-c4cnc([C@H]5CCCN5C(=O)[C@H](NC(=O)OC)c5ccccc5)[nH]4)cc3)c(CN(C)C)c2)=N1)c1ccccc1. The Labute approximate surface area is 372 Å². The van der Waals surface area contributed by atoms with Gasteiger partial charge in [-0.25, -0.2) is 19.6 Å². The second-order valence-electron chi connectivity index (χ2n) is 16.4. The average molecular weight is 864 g/mol. The third-order valence-electron chi connectivity index (χ3n) is 12.0. The number of H-pyrrole nitrogens is 1. The van der Waals surface area contributed by atoms with E-state index in [4.69, 9.17) is 24.4 Å². The lowest BCUT2D eigenvalue weighted by atomic mass is 9.95. The van der Waals surface area contributed by atoms with Crippen molar-refractivity contribution >= 4 is 35.5 Å². The first-order valence-corrected chi connectivity index (χ1v) is 21.6. The van der Waals surface area contributed by atoms with Gasteiger partial charge in [-0.1, -0.05) is 97.1 Å². The van der Waals surface area contributed by atoms with Gasteiger partial charge in [-0.05, 0) is 84.8 Å². The lowest BCUT2D eigenvalue weighted by Gasteiger charge is -2.28. The highest BCUT2D eigenvalue weighted by atomic mass is 16.5. The molecule has 4 amide bonds. The third-order valence-corrected chi connectivity index (χ3v) is 12.0. The number of aromatic amines is 1. The summed E-state index contributed by atoms with van der Waals surface area (Å²) in [6.45, 7) is 2.19. The van der Waals surface area contributed by atoms with Crippen LogP contribution in [0.5, 0.6) is 0 Å². The number of hydrogen-bond donors (Lipinski definition) is 3. The zero-order valence-corrected chi connectivity index (χ0v) is 36.5. The van der Waals surface area contributed by atoms with Gasteiger partial charge in [-0.3, -0.25) is 14.6 Å². The van der Waals surface area contributed by atoms with Crippen LogP contribution in [0.1, 0.15) is 71.9 Å². The molecule has 3 aliphatic heterocycles. The summed E-state index contributed by atoms with van der Waals surface area (Å²) >= 11 is 0. The summed E-state index contributed by atoms with van der Waals surface area (Å²) in [5.74, 6) is 0.878. The Kier molecular flexibility index (Phi) is 13.3. The Bertz CT molecular complexity index is 2540. The van der Waals surface area contributed by atoms with Crippen LogP contribution in [0.25, 0.3) is 22.4 Å². The molecule has 3 aliphatic rings. The van der Waals surface area contributed by atoms with Crippen LogP contribution in [0, 0.1) is 0 Å². The van der Waals surface area contributed by atoms with Gasteiger partial charge in [0.05, 0.1) is 50.5 Å². The summed E-state index contributed by atoms with van der Waals surface area (Å²) in [6, 6.07) is 30.8. The molecule has 15 heteroatoms. The van der Waals surface area contributed by atoms with Crippen LogP contribution in [-0.2, 0) is 25.6 Å². The quantitative estimate of drug-likeness (QED) is 0.115. The molecule has 0 spiro atoms. The molecule has 8 rings (SSSR count). The molecule has 4 atom stereocenters. The second-order valence-corrected chi connectivity index (χ2v) is 16.4. The van der Waals surface area contributed by atoms with E-state index >= 15 is 0 Å². The van der Waals surface area contributed by atoms with Gasteiger partial charge in [0.2, 0.25) is 0 Å². The Morgan fingerprint density at radius 1 is 0.734 bits per heavy atom. The maximum atomic E-state index is 14.0. The molecule has 2 saturated heterocycles. The fraction of sp³-hybridized carbons (Fsp3) is 0.327. The van der Waals surface area contributed by atoms with E-state index in [1.54, 1.807) is 16.0 Å². The fourth-order valence-corrected chi connectivity index (χ4v) is 8.87. The van der Waals surface area contributed by atoms with E-state index in [1.165, 1.54) is 14.2 Å². The van der Waals surface area contributed by atoms with Gasteiger partial charge in [-0.15, -0.1) is 0 Å². The number of aliphatic imine (C=N–C) groups is 2. The number of nitrogens with one attached hydrogen (secondary N) is 3. The van der Waals surface area contributed by atoms with Gasteiger partial charge in [-0.2, -0.15) is 0 Å². The molecule has 5 aromatic rings. The third kappa shape index (κ3) is 9.44. The molecule has 0 radical (unpaired) electrons. The average Bonchev–Trinajstić information content (AvgIpc) is 4.17. The molecule has 64 heavy (non-hydrogen) atoms. The van der Waals surface area contributed by atoms with Crippen LogP contribution >= 0.6 is 0 Å². The smallest absolute Gasteiger partial charge is 0.407 e. The number of benzene rings is 4. The van der Waals surface area contributed by atoms with E-state index in [9.17, 15) is 19.2 Å². The topological polar surface area (TPSA) is 174 Å². The lowest BCUT2D eigenvalue weighted by molar-refractivity contribution is -0.135. The number of alkyl carbamates (subject to hydrolysis) is 2. The molecule has 2 fully saturated rings. The van der Waals surface area contributed by atoms with E-state index in [0.29, 0.717) is 49.0 Å². The zero-order chi connectivity index (χ0) is 44.7. The van der Waals surface area contributed by atoms with Crippen molar-refractivity contribution in [3.8, 4) is 22.4 Å². The minimum atomic E-state index is -0.898. The molecule has 4 heterocycles. The lowest BCUT2D eigenvalue weighted by Crippen LogP contribution is -2.47. The maximum absolute atomic E-state index is 14.0. The van der Waals surface area contributed by atoms with Crippen LogP contribution in [-0.4, -0.2) is 114 Å². The van der Waals surface area contributed by atoms with Gasteiger partial charge in [0.15, 0.2) is 0 Å². The molecule has 3 N–H and O–H groups in total. The van der Waals surface area contributed by atoms with E-state index in [2.05, 4.69) is 63.0 Å². The molecule has 1 aromatic heterocycles. The summed E-state index contributed by atoms with van der Waals surface area (Å²) in [6.07, 6.45) is 3.53. The highest BCUT2D eigenvalue weighted by Gasteiger charge is 2.39. The van der Waals surface area contributed by atoms with Crippen LogP contribution in [0.4, 0.5) is 9.59 Å². The number of carbonyl (C=O) groups is 4. The first kappa shape index (κ1) is 43.5. The van der Waals surface area contributed by atoms with Crippen molar-refractivity contribution in [2.75, 3.05) is 47.9 Å². The molecule has 4 aromatic carbocycles. The number of methoxy groups -OCH3 is 2.